The molecule has 0 bridgehead atoms. The molecular formula is C23H28N2O4. The number of carbonyl (C=O) groups is 3. The Balaban J connectivity index is 1.90. The number of esters is 1. The highest BCUT2D eigenvalue weighted by Crippen LogP contribution is 2.32. The first-order valence-corrected chi connectivity index (χ1v) is 10.1. The molecule has 154 valence electrons. The number of amides is 1. The first-order chi connectivity index (χ1) is 13.8. The molecule has 0 saturated heterocycles. The molecule has 1 aromatic carbocycles. The van der Waals surface area contributed by atoms with Crippen LogP contribution < -0.4 is 0 Å². The van der Waals surface area contributed by atoms with E-state index in [1.54, 1.807) is 44.7 Å². The fourth-order valence-electron chi connectivity index (χ4n) is 3.62. The van der Waals surface area contributed by atoms with Crippen LogP contribution in [0.2, 0.25) is 0 Å². The second kappa shape index (κ2) is 8.64. The van der Waals surface area contributed by atoms with Crippen LogP contribution in [-0.4, -0.2) is 46.7 Å². The van der Waals surface area contributed by atoms with Gasteiger partial charge < -0.3 is 14.6 Å². The zero-order valence-corrected chi connectivity index (χ0v) is 17.5. The Morgan fingerprint density at radius 1 is 1.17 bits per heavy atom. The lowest BCUT2D eigenvalue weighted by Gasteiger charge is -2.29. The topological polar surface area (TPSA) is 79.5 Å². The number of aromatic amines is 1. The minimum absolute atomic E-state index is 0.144. The van der Waals surface area contributed by atoms with Crippen LogP contribution in [0.3, 0.4) is 0 Å². The quantitative estimate of drug-likeness (QED) is 0.542. The molecule has 0 spiro atoms. The molecule has 0 unspecified atom stereocenters. The van der Waals surface area contributed by atoms with Crippen molar-refractivity contribution in [2.45, 2.75) is 46.6 Å². The summed E-state index contributed by atoms with van der Waals surface area (Å²) in [7, 11) is 0. The summed E-state index contributed by atoms with van der Waals surface area (Å²) in [5.41, 5.74) is 2.50. The van der Waals surface area contributed by atoms with Crippen molar-refractivity contribution in [1.82, 2.24) is 9.88 Å². The van der Waals surface area contributed by atoms with Crippen molar-refractivity contribution in [3.05, 3.63) is 58.4 Å². The van der Waals surface area contributed by atoms with Gasteiger partial charge in [-0.25, -0.2) is 4.79 Å². The molecule has 29 heavy (non-hydrogen) atoms. The van der Waals surface area contributed by atoms with Gasteiger partial charge in [0.15, 0.2) is 5.78 Å². The maximum absolute atomic E-state index is 13.4. The summed E-state index contributed by atoms with van der Waals surface area (Å²) >= 11 is 0. The summed E-state index contributed by atoms with van der Waals surface area (Å²) in [6.07, 6.45) is 2.16. The summed E-state index contributed by atoms with van der Waals surface area (Å²) in [6.45, 7) is 7.83. The number of rotatable bonds is 8. The second-order valence-electron chi connectivity index (χ2n) is 7.65. The van der Waals surface area contributed by atoms with Crippen LogP contribution in [0.4, 0.5) is 0 Å². The number of aryl methyl sites for hydroxylation is 1. The Bertz CT molecular complexity index is 912. The molecule has 0 radical (unpaired) electrons. The van der Waals surface area contributed by atoms with Gasteiger partial charge in [0.05, 0.1) is 12.6 Å². The lowest BCUT2D eigenvalue weighted by Crippen LogP contribution is -2.44. The predicted octanol–water partition coefficient (Wildman–Crippen LogP) is 3.93. The first-order valence-electron chi connectivity index (χ1n) is 10.1. The minimum Gasteiger partial charge on any atom is -0.461 e. The molecule has 1 amide bonds. The van der Waals surface area contributed by atoms with Crippen molar-refractivity contribution in [2.24, 2.45) is 5.92 Å². The van der Waals surface area contributed by atoms with Gasteiger partial charge in [0.25, 0.3) is 5.91 Å². The zero-order chi connectivity index (χ0) is 21.1. The zero-order valence-electron chi connectivity index (χ0n) is 17.5. The maximum atomic E-state index is 13.4. The van der Waals surface area contributed by atoms with E-state index in [4.69, 9.17) is 4.74 Å². The predicted molar refractivity (Wildman–Crippen MR) is 110 cm³/mol. The maximum Gasteiger partial charge on any atom is 0.355 e. The molecular weight excluding hydrogens is 368 g/mol. The number of nitrogens with one attached hydrogen (secondary N) is 1. The van der Waals surface area contributed by atoms with Gasteiger partial charge in [0.2, 0.25) is 0 Å². The van der Waals surface area contributed by atoms with E-state index >= 15 is 0 Å². The van der Waals surface area contributed by atoms with Crippen LogP contribution in [0, 0.1) is 19.8 Å². The Morgan fingerprint density at radius 3 is 2.41 bits per heavy atom. The van der Waals surface area contributed by atoms with Gasteiger partial charge in [-0.15, -0.1) is 0 Å². The van der Waals surface area contributed by atoms with Gasteiger partial charge in [0.1, 0.15) is 5.69 Å². The average molecular weight is 396 g/mol. The van der Waals surface area contributed by atoms with Crippen LogP contribution in [0.15, 0.2) is 30.3 Å². The third-order valence-electron chi connectivity index (χ3n) is 5.44. The number of H-pyrrole nitrogens is 1. The Hall–Kier alpha value is -2.89. The average Bonchev–Trinajstić information content (AvgIpc) is 3.49. The van der Waals surface area contributed by atoms with Crippen molar-refractivity contribution in [3.8, 4) is 0 Å². The van der Waals surface area contributed by atoms with Gasteiger partial charge >= 0.3 is 5.97 Å². The molecule has 2 aromatic rings. The van der Waals surface area contributed by atoms with Crippen LogP contribution in [-0.2, 0) is 4.74 Å². The molecule has 1 aliphatic carbocycles. The van der Waals surface area contributed by atoms with Gasteiger partial charge in [-0.05, 0) is 64.2 Å². The molecule has 1 atom stereocenters. The normalized spacial score (nSPS) is 14.3. The number of ketones is 1. The lowest BCUT2D eigenvalue weighted by molar-refractivity contribution is 0.0518. The van der Waals surface area contributed by atoms with E-state index in [1.165, 1.54) is 0 Å². The Kier molecular flexibility index (Phi) is 6.20. The second-order valence-corrected chi connectivity index (χ2v) is 7.65. The van der Waals surface area contributed by atoms with E-state index in [-0.39, 0.29) is 18.3 Å². The number of hydrogen-bond donors (Lipinski definition) is 1. The molecule has 0 aliphatic heterocycles. The van der Waals surface area contributed by atoms with Gasteiger partial charge in [0, 0.05) is 23.4 Å². The van der Waals surface area contributed by atoms with Crippen molar-refractivity contribution in [2.75, 3.05) is 13.2 Å². The lowest BCUT2D eigenvalue weighted by atomic mass is 9.99. The van der Waals surface area contributed by atoms with E-state index in [0.717, 1.165) is 12.8 Å². The molecule has 1 N–H and O–H groups in total. The van der Waals surface area contributed by atoms with Gasteiger partial charge in [-0.3, -0.25) is 9.59 Å². The molecule has 1 saturated carbocycles. The SMILES string of the molecule is CCOC(=O)c1[nH]c(C)c(C(=O)[C@H](C)N(CC2CC2)C(=O)c2ccccc2)c1C. The minimum atomic E-state index is -0.633. The van der Waals surface area contributed by atoms with Crippen molar-refractivity contribution >= 4 is 17.7 Å². The largest absolute Gasteiger partial charge is 0.461 e. The molecule has 1 aliphatic rings. The monoisotopic (exact) mass is 396 g/mol. The molecule has 3 rings (SSSR count). The van der Waals surface area contributed by atoms with Gasteiger partial charge in [-0.2, -0.15) is 0 Å². The van der Waals surface area contributed by atoms with Gasteiger partial charge in [-0.1, -0.05) is 18.2 Å². The summed E-state index contributed by atoms with van der Waals surface area (Å²) in [5, 5.41) is 0. The van der Waals surface area contributed by atoms with E-state index in [0.29, 0.717) is 40.5 Å². The highest BCUT2D eigenvalue weighted by molar-refractivity contribution is 6.07. The fraction of sp³-hybridized carbons (Fsp3) is 0.435. The summed E-state index contributed by atoms with van der Waals surface area (Å²) < 4.78 is 5.08. The Morgan fingerprint density at radius 2 is 1.83 bits per heavy atom. The molecule has 1 fully saturated rings. The highest BCUT2D eigenvalue weighted by atomic mass is 16.5. The number of benzene rings is 1. The third-order valence-corrected chi connectivity index (χ3v) is 5.44. The van der Waals surface area contributed by atoms with E-state index in [9.17, 15) is 14.4 Å². The van der Waals surface area contributed by atoms with Crippen molar-refractivity contribution < 1.29 is 19.1 Å². The number of carbonyl (C=O) groups excluding carboxylic acids is 3. The molecule has 6 heteroatoms. The number of aromatic nitrogens is 1. The first kappa shape index (κ1) is 20.8. The van der Waals surface area contributed by atoms with Crippen LogP contribution in [0.1, 0.15) is 69.2 Å². The standard InChI is InChI=1S/C23H28N2O4/c1-5-29-23(28)20-14(2)19(15(3)24-20)21(26)16(4)25(13-17-11-12-17)22(27)18-9-7-6-8-10-18/h6-10,16-17,24H,5,11-13H2,1-4H3/t16-/m0/s1. The van der Waals surface area contributed by atoms with Crippen LogP contribution in [0.5, 0.6) is 0 Å². The summed E-state index contributed by atoms with van der Waals surface area (Å²) in [6, 6.07) is 8.41. The van der Waals surface area contributed by atoms with E-state index in [1.807, 2.05) is 18.2 Å². The number of ether oxygens (including phenoxy) is 1. The van der Waals surface area contributed by atoms with Crippen molar-refractivity contribution in [1.29, 1.82) is 0 Å². The summed E-state index contributed by atoms with van der Waals surface area (Å²) in [4.78, 5) is 43.4. The molecule has 1 aromatic heterocycles. The highest BCUT2D eigenvalue weighted by Gasteiger charge is 2.35. The number of hydrogen-bond acceptors (Lipinski definition) is 4. The molecule has 1 heterocycles. The Labute approximate surface area is 171 Å². The van der Waals surface area contributed by atoms with Crippen LogP contribution >= 0.6 is 0 Å². The van der Waals surface area contributed by atoms with Crippen LogP contribution in [0.25, 0.3) is 0 Å². The summed E-state index contributed by atoms with van der Waals surface area (Å²) in [5.74, 6) is -0.344. The molecule has 6 nitrogen and oxygen atoms in total. The van der Waals surface area contributed by atoms with E-state index < -0.39 is 12.0 Å². The fourth-order valence-corrected chi connectivity index (χ4v) is 3.62. The smallest absolute Gasteiger partial charge is 0.355 e. The number of Topliss-reactive ketones (excluding diaryl/α,β-unsaturated/α-hetero) is 1. The van der Waals surface area contributed by atoms with Crippen molar-refractivity contribution in [3.63, 3.8) is 0 Å². The van der Waals surface area contributed by atoms with E-state index in [2.05, 4.69) is 4.98 Å². The number of nitrogens with zero attached hydrogens (tertiary/aromatic N) is 1. The third kappa shape index (κ3) is 4.42.